The molecule has 2 aromatic rings. The van der Waals surface area contributed by atoms with Crippen molar-refractivity contribution in [3.63, 3.8) is 0 Å². The first-order valence-corrected chi connectivity index (χ1v) is 7.72. The van der Waals surface area contributed by atoms with E-state index >= 15 is 0 Å². The van der Waals surface area contributed by atoms with Crippen LogP contribution >= 0.6 is 0 Å². The van der Waals surface area contributed by atoms with Crippen molar-refractivity contribution in [2.24, 2.45) is 0 Å². The van der Waals surface area contributed by atoms with E-state index in [0.717, 1.165) is 5.56 Å². The largest absolute Gasteiger partial charge is 0.504 e. The lowest BCUT2D eigenvalue weighted by molar-refractivity contribution is -0.138. The quantitative estimate of drug-likeness (QED) is 0.503. The van der Waals surface area contributed by atoms with Crippen LogP contribution in [0, 0.1) is 0 Å². The molecule has 4 nitrogen and oxygen atoms in total. The fraction of sp³-hybridized carbons (Fsp3) is 0.250. The Morgan fingerprint density at radius 3 is 2.29 bits per heavy atom. The molecule has 0 aliphatic rings. The molecule has 0 fully saturated rings. The SMILES string of the molecule is CC(C)(C)c1ccc(COC(=O)/C=C/c2ccc(O)c(O)c2)cc1. The number of carbonyl (C=O) groups excluding carboxylic acids is 1. The van der Waals surface area contributed by atoms with Crippen LogP contribution in [0.15, 0.2) is 48.5 Å². The molecule has 0 aromatic heterocycles. The summed E-state index contributed by atoms with van der Waals surface area (Å²) < 4.78 is 5.19. The maximum Gasteiger partial charge on any atom is 0.331 e. The summed E-state index contributed by atoms with van der Waals surface area (Å²) in [5.74, 6) is -0.902. The van der Waals surface area contributed by atoms with Crippen molar-refractivity contribution in [1.29, 1.82) is 0 Å². The monoisotopic (exact) mass is 326 g/mol. The first-order chi connectivity index (χ1) is 11.3. The van der Waals surface area contributed by atoms with Gasteiger partial charge < -0.3 is 14.9 Å². The molecular formula is C20H22O4. The normalized spacial score (nSPS) is 11.6. The molecule has 0 bridgehead atoms. The summed E-state index contributed by atoms with van der Waals surface area (Å²) in [6.45, 7) is 6.64. The zero-order valence-electron chi connectivity index (χ0n) is 14.1. The number of benzene rings is 2. The van der Waals surface area contributed by atoms with Crippen LogP contribution in [0.25, 0.3) is 6.08 Å². The van der Waals surface area contributed by atoms with Gasteiger partial charge in [-0.15, -0.1) is 0 Å². The first-order valence-electron chi connectivity index (χ1n) is 7.72. The van der Waals surface area contributed by atoms with Gasteiger partial charge in [0, 0.05) is 6.08 Å². The van der Waals surface area contributed by atoms with Crippen LogP contribution in [0.5, 0.6) is 11.5 Å². The van der Waals surface area contributed by atoms with Crippen LogP contribution < -0.4 is 0 Å². The molecule has 126 valence electrons. The second-order valence-electron chi connectivity index (χ2n) is 6.64. The van der Waals surface area contributed by atoms with E-state index in [-0.39, 0.29) is 23.5 Å². The fourth-order valence-electron chi connectivity index (χ4n) is 2.11. The molecule has 0 aliphatic carbocycles. The first kappa shape index (κ1) is 17.6. The van der Waals surface area contributed by atoms with Gasteiger partial charge in [-0.05, 0) is 40.3 Å². The molecule has 0 saturated carbocycles. The van der Waals surface area contributed by atoms with Gasteiger partial charge in [-0.1, -0.05) is 51.1 Å². The number of aromatic hydroxyl groups is 2. The molecule has 0 radical (unpaired) electrons. The lowest BCUT2D eigenvalue weighted by Gasteiger charge is -2.19. The van der Waals surface area contributed by atoms with Gasteiger partial charge in [0.25, 0.3) is 0 Å². The maximum absolute atomic E-state index is 11.7. The Hall–Kier alpha value is -2.75. The molecule has 4 heteroatoms. The van der Waals surface area contributed by atoms with Crippen molar-refractivity contribution in [1.82, 2.24) is 0 Å². The third kappa shape index (κ3) is 4.88. The number of esters is 1. The average molecular weight is 326 g/mol. The van der Waals surface area contributed by atoms with E-state index in [0.29, 0.717) is 5.56 Å². The van der Waals surface area contributed by atoms with Gasteiger partial charge in [0.15, 0.2) is 11.5 Å². The molecule has 0 unspecified atom stereocenters. The zero-order valence-corrected chi connectivity index (χ0v) is 14.1. The highest BCUT2D eigenvalue weighted by atomic mass is 16.5. The van der Waals surface area contributed by atoms with Crippen LogP contribution in [-0.4, -0.2) is 16.2 Å². The molecule has 0 aliphatic heterocycles. The minimum absolute atomic E-state index is 0.0909. The molecule has 24 heavy (non-hydrogen) atoms. The Bertz CT molecular complexity index is 737. The van der Waals surface area contributed by atoms with E-state index in [2.05, 4.69) is 20.8 Å². The Labute approximate surface area is 142 Å². The molecule has 0 atom stereocenters. The van der Waals surface area contributed by atoms with Crippen molar-refractivity contribution < 1.29 is 19.7 Å². The number of ether oxygens (including phenoxy) is 1. The van der Waals surface area contributed by atoms with E-state index in [4.69, 9.17) is 4.74 Å². The molecule has 0 spiro atoms. The number of hydrogen-bond donors (Lipinski definition) is 2. The number of phenolic OH excluding ortho intramolecular Hbond substituents is 2. The van der Waals surface area contributed by atoms with E-state index in [1.54, 1.807) is 6.07 Å². The van der Waals surface area contributed by atoms with Gasteiger partial charge in [-0.25, -0.2) is 4.79 Å². The van der Waals surface area contributed by atoms with E-state index in [1.807, 2.05) is 24.3 Å². The van der Waals surface area contributed by atoms with Crippen LogP contribution in [0.4, 0.5) is 0 Å². The van der Waals surface area contributed by atoms with Gasteiger partial charge >= 0.3 is 5.97 Å². The van der Waals surface area contributed by atoms with Gasteiger partial charge in [-0.3, -0.25) is 0 Å². The second-order valence-corrected chi connectivity index (χ2v) is 6.64. The Balaban J connectivity index is 1.91. The molecule has 0 saturated heterocycles. The van der Waals surface area contributed by atoms with Crippen LogP contribution in [-0.2, 0) is 21.6 Å². The summed E-state index contributed by atoms with van der Waals surface area (Å²) >= 11 is 0. The Morgan fingerprint density at radius 2 is 1.71 bits per heavy atom. The van der Waals surface area contributed by atoms with Crippen molar-refractivity contribution in [3.05, 3.63) is 65.2 Å². The Kier molecular flexibility index (Phi) is 5.29. The highest BCUT2D eigenvalue weighted by molar-refractivity contribution is 5.87. The summed E-state index contributed by atoms with van der Waals surface area (Å²) in [6, 6.07) is 12.3. The van der Waals surface area contributed by atoms with Crippen LogP contribution in [0.3, 0.4) is 0 Å². The topological polar surface area (TPSA) is 66.8 Å². The van der Waals surface area contributed by atoms with Gasteiger partial charge in [0.2, 0.25) is 0 Å². The number of hydrogen-bond acceptors (Lipinski definition) is 4. The van der Waals surface area contributed by atoms with Gasteiger partial charge in [0.05, 0.1) is 0 Å². The lowest BCUT2D eigenvalue weighted by Crippen LogP contribution is -2.10. The van der Waals surface area contributed by atoms with Gasteiger partial charge in [0.1, 0.15) is 6.61 Å². The summed E-state index contributed by atoms with van der Waals surface area (Å²) in [5, 5.41) is 18.6. The highest BCUT2D eigenvalue weighted by Crippen LogP contribution is 2.25. The fourth-order valence-corrected chi connectivity index (χ4v) is 2.11. The van der Waals surface area contributed by atoms with E-state index in [9.17, 15) is 15.0 Å². The zero-order chi connectivity index (χ0) is 17.7. The predicted octanol–water partition coefficient (Wildman–Crippen LogP) is 4.15. The van der Waals surface area contributed by atoms with Crippen LogP contribution in [0.2, 0.25) is 0 Å². The van der Waals surface area contributed by atoms with Crippen molar-refractivity contribution in [2.75, 3.05) is 0 Å². The average Bonchev–Trinajstić information content (AvgIpc) is 2.53. The lowest BCUT2D eigenvalue weighted by atomic mass is 9.87. The molecule has 0 amide bonds. The summed E-state index contributed by atoms with van der Waals surface area (Å²) in [5.41, 5.74) is 2.83. The van der Waals surface area contributed by atoms with Crippen molar-refractivity contribution in [3.8, 4) is 11.5 Å². The maximum atomic E-state index is 11.7. The third-order valence-corrected chi connectivity index (χ3v) is 3.61. The molecule has 2 N–H and O–H groups in total. The Morgan fingerprint density at radius 1 is 1.04 bits per heavy atom. The summed E-state index contributed by atoms with van der Waals surface area (Å²) in [7, 11) is 0. The number of carbonyl (C=O) groups is 1. The minimum Gasteiger partial charge on any atom is -0.504 e. The summed E-state index contributed by atoms with van der Waals surface area (Å²) in [4.78, 5) is 11.7. The van der Waals surface area contributed by atoms with Gasteiger partial charge in [-0.2, -0.15) is 0 Å². The van der Waals surface area contributed by atoms with Crippen LogP contribution in [0.1, 0.15) is 37.5 Å². The molecular weight excluding hydrogens is 304 g/mol. The third-order valence-electron chi connectivity index (χ3n) is 3.61. The smallest absolute Gasteiger partial charge is 0.331 e. The van der Waals surface area contributed by atoms with Crippen molar-refractivity contribution in [2.45, 2.75) is 32.8 Å². The summed E-state index contributed by atoms with van der Waals surface area (Å²) in [6.07, 6.45) is 2.81. The molecule has 2 aromatic carbocycles. The highest BCUT2D eigenvalue weighted by Gasteiger charge is 2.12. The van der Waals surface area contributed by atoms with Crippen molar-refractivity contribution >= 4 is 12.0 Å². The number of rotatable bonds is 4. The molecule has 2 rings (SSSR count). The second kappa shape index (κ2) is 7.21. The van der Waals surface area contributed by atoms with E-state index < -0.39 is 5.97 Å². The standard InChI is InChI=1S/C20H22O4/c1-20(2,3)16-8-4-15(5-9-16)13-24-19(23)11-7-14-6-10-17(21)18(22)12-14/h4-12,21-22H,13H2,1-3H3/b11-7+. The predicted molar refractivity (Wildman–Crippen MR) is 93.7 cm³/mol. The van der Waals surface area contributed by atoms with E-state index in [1.165, 1.54) is 29.8 Å². The minimum atomic E-state index is -0.470. The molecule has 0 heterocycles. The number of phenols is 2.